The van der Waals surface area contributed by atoms with Gasteiger partial charge in [-0.1, -0.05) is 12.1 Å². The van der Waals surface area contributed by atoms with Crippen LogP contribution in [0.4, 0.5) is 5.88 Å². The lowest BCUT2D eigenvalue weighted by molar-refractivity contribution is 0.229. The Balaban J connectivity index is 1.96. The van der Waals surface area contributed by atoms with Crippen molar-refractivity contribution in [1.82, 2.24) is 9.97 Å². The Bertz CT molecular complexity index is 858. The number of hydrogen-bond acceptors (Lipinski definition) is 8. The van der Waals surface area contributed by atoms with Gasteiger partial charge in [-0.3, -0.25) is 9.55 Å². The van der Waals surface area contributed by atoms with Gasteiger partial charge in [-0.25, -0.2) is 0 Å². The van der Waals surface area contributed by atoms with Crippen LogP contribution in [-0.2, 0) is 20.2 Å². The van der Waals surface area contributed by atoms with E-state index < -0.39 is 7.60 Å². The van der Waals surface area contributed by atoms with Crippen LogP contribution < -0.4 is 10.8 Å². The zero-order valence-corrected chi connectivity index (χ0v) is 16.3. The minimum atomic E-state index is -3.59. The molecule has 3 aromatic heterocycles. The molecule has 0 aliphatic heterocycles. The highest BCUT2D eigenvalue weighted by molar-refractivity contribution is 7.62. The lowest BCUT2D eigenvalue weighted by Crippen LogP contribution is -2.16. The van der Waals surface area contributed by atoms with E-state index in [0.29, 0.717) is 12.4 Å². The SMILES string of the molecule is CCOP(=O)(OCC)c1nc(-c2cccs2)oc1NCc1cccnc1. The summed E-state index contributed by atoms with van der Waals surface area (Å²) in [5.74, 6) is 0.658. The van der Waals surface area contributed by atoms with Crippen molar-refractivity contribution < 1.29 is 18.0 Å². The van der Waals surface area contributed by atoms with Crippen molar-refractivity contribution in [2.45, 2.75) is 20.4 Å². The van der Waals surface area contributed by atoms with Crippen LogP contribution in [0.3, 0.4) is 0 Å². The average Bonchev–Trinajstić information content (AvgIpc) is 3.31. The average molecular weight is 393 g/mol. The lowest BCUT2D eigenvalue weighted by Gasteiger charge is -2.15. The van der Waals surface area contributed by atoms with E-state index in [1.807, 2.05) is 29.6 Å². The molecule has 0 unspecified atom stereocenters. The predicted molar refractivity (Wildman–Crippen MR) is 102 cm³/mol. The first-order valence-corrected chi connectivity index (χ1v) is 10.7. The van der Waals surface area contributed by atoms with Gasteiger partial charge < -0.3 is 18.8 Å². The number of aromatic nitrogens is 2. The molecule has 3 heterocycles. The van der Waals surface area contributed by atoms with E-state index in [-0.39, 0.29) is 24.5 Å². The summed E-state index contributed by atoms with van der Waals surface area (Å²) in [6.45, 7) is 4.43. The zero-order valence-electron chi connectivity index (χ0n) is 14.5. The quantitative estimate of drug-likeness (QED) is 0.542. The summed E-state index contributed by atoms with van der Waals surface area (Å²) in [5.41, 5.74) is 1.11. The zero-order chi connectivity index (χ0) is 18.4. The molecule has 0 saturated carbocycles. The Hall–Kier alpha value is -1.99. The van der Waals surface area contributed by atoms with Gasteiger partial charge in [-0.15, -0.1) is 11.3 Å². The van der Waals surface area contributed by atoms with E-state index in [2.05, 4.69) is 15.3 Å². The molecule has 0 aliphatic rings. The van der Waals surface area contributed by atoms with Crippen LogP contribution in [0.25, 0.3) is 10.8 Å². The molecule has 7 nitrogen and oxygen atoms in total. The maximum atomic E-state index is 13.2. The molecule has 3 aromatic rings. The highest BCUT2D eigenvalue weighted by atomic mass is 32.1. The standard InChI is InChI=1S/C17H20N3O4PS/c1-3-22-25(21,23-4-2)17-16(19-12-13-7-5-9-18-11-13)24-15(20-17)14-8-6-10-26-14/h5-11,19H,3-4,12H2,1-2H3. The summed E-state index contributed by atoms with van der Waals surface area (Å²) in [6.07, 6.45) is 3.45. The summed E-state index contributed by atoms with van der Waals surface area (Å²) in [4.78, 5) is 9.34. The van der Waals surface area contributed by atoms with Gasteiger partial charge in [0.05, 0.1) is 18.1 Å². The van der Waals surface area contributed by atoms with E-state index in [1.54, 1.807) is 26.2 Å². The maximum Gasteiger partial charge on any atom is 0.385 e. The fraction of sp³-hybridized carbons (Fsp3) is 0.294. The van der Waals surface area contributed by atoms with Crippen LogP contribution in [-0.4, -0.2) is 23.2 Å². The molecule has 0 aromatic carbocycles. The Morgan fingerprint density at radius 3 is 2.65 bits per heavy atom. The highest BCUT2D eigenvalue weighted by Crippen LogP contribution is 2.49. The Morgan fingerprint density at radius 1 is 1.23 bits per heavy atom. The third kappa shape index (κ3) is 4.22. The summed E-state index contributed by atoms with van der Waals surface area (Å²) in [7, 11) is -3.59. The molecular weight excluding hydrogens is 373 g/mol. The molecule has 9 heteroatoms. The second-order valence-corrected chi connectivity index (χ2v) is 8.08. The van der Waals surface area contributed by atoms with Gasteiger partial charge in [0, 0.05) is 18.9 Å². The lowest BCUT2D eigenvalue weighted by atomic mass is 10.3. The summed E-state index contributed by atoms with van der Waals surface area (Å²) in [5, 5.41) is 5.06. The molecule has 0 radical (unpaired) electrons. The first-order chi connectivity index (χ1) is 12.7. The molecule has 0 atom stereocenters. The number of nitrogens with zero attached hydrogens (tertiary/aromatic N) is 2. The molecule has 3 rings (SSSR count). The first-order valence-electron chi connectivity index (χ1n) is 8.23. The summed E-state index contributed by atoms with van der Waals surface area (Å²) >= 11 is 1.48. The number of rotatable bonds is 9. The van der Waals surface area contributed by atoms with E-state index in [1.165, 1.54) is 11.3 Å². The minimum Gasteiger partial charge on any atom is -0.419 e. The van der Waals surface area contributed by atoms with Crippen LogP contribution >= 0.6 is 18.9 Å². The van der Waals surface area contributed by atoms with Crippen LogP contribution in [0, 0.1) is 0 Å². The number of nitrogens with one attached hydrogen (secondary N) is 1. The Morgan fingerprint density at radius 2 is 2.04 bits per heavy atom. The number of oxazole rings is 1. The molecular formula is C17H20N3O4PS. The Labute approximate surface area is 155 Å². The third-order valence-electron chi connectivity index (χ3n) is 3.37. The second kappa shape index (κ2) is 8.60. The van der Waals surface area contributed by atoms with E-state index in [4.69, 9.17) is 13.5 Å². The smallest absolute Gasteiger partial charge is 0.385 e. The molecule has 0 saturated heterocycles. The largest absolute Gasteiger partial charge is 0.419 e. The second-order valence-electron chi connectivity index (χ2n) is 5.20. The molecule has 138 valence electrons. The number of thiophene rings is 1. The normalized spacial score (nSPS) is 11.6. The monoisotopic (exact) mass is 393 g/mol. The van der Waals surface area contributed by atoms with Crippen LogP contribution in [0.2, 0.25) is 0 Å². The van der Waals surface area contributed by atoms with Gasteiger partial charge in [0.15, 0.2) is 0 Å². The van der Waals surface area contributed by atoms with Crippen molar-refractivity contribution in [3.63, 3.8) is 0 Å². The molecule has 0 aliphatic carbocycles. The number of anilines is 1. The maximum absolute atomic E-state index is 13.2. The van der Waals surface area contributed by atoms with Gasteiger partial charge in [0.2, 0.25) is 17.2 Å². The van der Waals surface area contributed by atoms with Gasteiger partial charge in [-0.05, 0) is 36.9 Å². The fourth-order valence-electron chi connectivity index (χ4n) is 2.30. The van der Waals surface area contributed by atoms with Crippen molar-refractivity contribution >= 4 is 30.3 Å². The first kappa shape index (κ1) is 18.8. The minimum absolute atomic E-state index is 0.161. The van der Waals surface area contributed by atoms with Crippen LogP contribution in [0.15, 0.2) is 46.5 Å². The van der Waals surface area contributed by atoms with Crippen LogP contribution in [0.1, 0.15) is 19.4 Å². The Kier molecular flexibility index (Phi) is 6.21. The van der Waals surface area contributed by atoms with E-state index >= 15 is 0 Å². The van der Waals surface area contributed by atoms with Crippen molar-refractivity contribution in [1.29, 1.82) is 0 Å². The molecule has 0 amide bonds. The number of hydrogen-bond donors (Lipinski definition) is 1. The highest BCUT2D eigenvalue weighted by Gasteiger charge is 2.35. The molecule has 0 fully saturated rings. The molecule has 26 heavy (non-hydrogen) atoms. The van der Waals surface area contributed by atoms with Crippen molar-refractivity contribution in [3.8, 4) is 10.8 Å². The van der Waals surface area contributed by atoms with Gasteiger partial charge in [0.1, 0.15) is 0 Å². The van der Waals surface area contributed by atoms with E-state index in [0.717, 1.165) is 10.4 Å². The predicted octanol–water partition coefficient (Wildman–Crippen LogP) is 4.30. The molecule has 0 bridgehead atoms. The third-order valence-corrected chi connectivity index (χ3v) is 6.25. The van der Waals surface area contributed by atoms with Crippen LogP contribution in [0.5, 0.6) is 0 Å². The van der Waals surface area contributed by atoms with Crippen molar-refractivity contribution in [3.05, 3.63) is 47.6 Å². The fourth-order valence-corrected chi connectivity index (χ4v) is 4.54. The van der Waals surface area contributed by atoms with Gasteiger partial charge in [0.25, 0.3) is 0 Å². The van der Waals surface area contributed by atoms with E-state index in [9.17, 15) is 4.57 Å². The molecule has 0 spiro atoms. The summed E-state index contributed by atoms with van der Waals surface area (Å²) < 4.78 is 30.0. The van der Waals surface area contributed by atoms with Crippen molar-refractivity contribution in [2.75, 3.05) is 18.5 Å². The topological polar surface area (TPSA) is 86.5 Å². The van der Waals surface area contributed by atoms with Gasteiger partial charge in [-0.2, -0.15) is 4.98 Å². The summed E-state index contributed by atoms with van der Waals surface area (Å²) in [6, 6.07) is 7.57. The molecule has 1 N–H and O–H groups in total. The number of pyridine rings is 1. The van der Waals surface area contributed by atoms with Gasteiger partial charge >= 0.3 is 7.60 Å². The van der Waals surface area contributed by atoms with Crippen molar-refractivity contribution in [2.24, 2.45) is 0 Å².